The summed E-state index contributed by atoms with van der Waals surface area (Å²) in [5, 5.41) is 14.4. The van der Waals surface area contributed by atoms with Crippen LogP contribution in [0, 0.1) is 0 Å². The Labute approximate surface area is 132 Å². The molecule has 0 radical (unpaired) electrons. The molecule has 0 heterocycles. The van der Waals surface area contributed by atoms with Gasteiger partial charge in [-0.15, -0.1) is 0 Å². The summed E-state index contributed by atoms with van der Waals surface area (Å²) in [5.74, 6) is 0.432. The first-order valence-corrected chi connectivity index (χ1v) is 6.88. The van der Waals surface area contributed by atoms with Gasteiger partial charge in [-0.2, -0.15) is 0 Å². The maximum atomic E-state index is 11.8. The van der Waals surface area contributed by atoms with Crippen LogP contribution in [0.4, 0.5) is 21.0 Å². The van der Waals surface area contributed by atoms with E-state index in [1.807, 2.05) is 0 Å². The number of carbonyl (C=O) groups is 2. The molecule has 23 heavy (non-hydrogen) atoms. The van der Waals surface area contributed by atoms with Gasteiger partial charge in [-0.3, -0.25) is 0 Å². The molecule has 0 aliphatic carbocycles. The van der Waals surface area contributed by atoms with Crippen molar-refractivity contribution in [3.8, 4) is 11.5 Å². The van der Waals surface area contributed by atoms with Gasteiger partial charge in [-0.05, 0) is 55.5 Å². The molecule has 0 aliphatic rings. The van der Waals surface area contributed by atoms with Crippen molar-refractivity contribution in [2.24, 2.45) is 0 Å². The van der Waals surface area contributed by atoms with Crippen LogP contribution >= 0.6 is 0 Å². The van der Waals surface area contributed by atoms with E-state index >= 15 is 0 Å². The summed E-state index contributed by atoms with van der Waals surface area (Å²) in [6, 6.07) is 11.9. The number of carbonyl (C=O) groups excluding carboxylic acids is 2. The summed E-state index contributed by atoms with van der Waals surface area (Å²) in [7, 11) is 0. The number of amides is 2. The highest BCUT2D eigenvalue weighted by Gasteiger charge is 2.06. The molecular formula is C16H16N2O5. The van der Waals surface area contributed by atoms with Crippen molar-refractivity contribution >= 4 is 23.6 Å². The van der Waals surface area contributed by atoms with E-state index < -0.39 is 12.2 Å². The lowest BCUT2D eigenvalue weighted by Gasteiger charge is -2.08. The topological polar surface area (TPSA) is 96.9 Å². The third-order valence-corrected chi connectivity index (χ3v) is 2.70. The normalized spacial score (nSPS) is 9.78. The maximum Gasteiger partial charge on any atom is 0.513 e. The molecule has 0 unspecified atom stereocenters. The second-order valence-corrected chi connectivity index (χ2v) is 4.44. The molecule has 3 N–H and O–H groups in total. The Morgan fingerprint density at radius 2 is 1.48 bits per heavy atom. The zero-order valence-electron chi connectivity index (χ0n) is 12.4. The van der Waals surface area contributed by atoms with Gasteiger partial charge in [-0.25, -0.2) is 9.59 Å². The number of nitrogens with one attached hydrogen (secondary N) is 2. The molecule has 0 fully saturated rings. The molecule has 7 nitrogen and oxygen atoms in total. The summed E-state index contributed by atoms with van der Waals surface area (Å²) < 4.78 is 9.57. The predicted molar refractivity (Wildman–Crippen MR) is 84.8 cm³/mol. The zero-order chi connectivity index (χ0) is 16.7. The van der Waals surface area contributed by atoms with E-state index in [4.69, 9.17) is 4.74 Å². The Bertz CT molecular complexity index is 668. The molecule has 7 heteroatoms. The summed E-state index contributed by atoms with van der Waals surface area (Å²) in [5.41, 5.74) is 1.07. The number of hydrogen-bond acceptors (Lipinski definition) is 5. The Morgan fingerprint density at radius 1 is 0.957 bits per heavy atom. The van der Waals surface area contributed by atoms with E-state index in [1.54, 1.807) is 31.2 Å². The number of phenolic OH excluding ortho intramolecular Hbond substituents is 1. The van der Waals surface area contributed by atoms with Gasteiger partial charge >= 0.3 is 12.2 Å². The summed E-state index contributed by atoms with van der Waals surface area (Å²) in [4.78, 5) is 23.0. The van der Waals surface area contributed by atoms with Gasteiger partial charge in [0.1, 0.15) is 11.5 Å². The van der Waals surface area contributed by atoms with Gasteiger partial charge in [0.25, 0.3) is 0 Å². The fourth-order valence-electron chi connectivity index (χ4n) is 1.69. The van der Waals surface area contributed by atoms with Crippen LogP contribution in [0.1, 0.15) is 6.92 Å². The molecule has 0 aliphatic heterocycles. The van der Waals surface area contributed by atoms with Crippen molar-refractivity contribution in [2.45, 2.75) is 6.92 Å². The van der Waals surface area contributed by atoms with Gasteiger partial charge in [0.2, 0.25) is 0 Å². The molecule has 0 bridgehead atoms. The molecule has 0 saturated heterocycles. The first kappa shape index (κ1) is 16.2. The van der Waals surface area contributed by atoms with Crippen LogP contribution < -0.4 is 15.4 Å². The van der Waals surface area contributed by atoms with Crippen molar-refractivity contribution in [3.63, 3.8) is 0 Å². The van der Waals surface area contributed by atoms with Crippen molar-refractivity contribution in [3.05, 3.63) is 48.5 Å². The van der Waals surface area contributed by atoms with Gasteiger partial charge in [0, 0.05) is 11.4 Å². The van der Waals surface area contributed by atoms with Crippen LogP contribution in [0.15, 0.2) is 48.5 Å². The van der Waals surface area contributed by atoms with Crippen LogP contribution in [0.5, 0.6) is 11.5 Å². The second kappa shape index (κ2) is 7.69. The van der Waals surface area contributed by atoms with Crippen LogP contribution in [0.3, 0.4) is 0 Å². The fourth-order valence-corrected chi connectivity index (χ4v) is 1.69. The van der Waals surface area contributed by atoms with Gasteiger partial charge in [-0.1, -0.05) is 0 Å². The first-order valence-electron chi connectivity index (χ1n) is 6.88. The summed E-state index contributed by atoms with van der Waals surface area (Å²) in [6.07, 6.45) is -0.779. The van der Waals surface area contributed by atoms with Crippen LogP contribution in [-0.4, -0.2) is 23.9 Å². The standard InChI is InChI=1S/C16H16N2O5/c1-2-22-16(21)23-14-9-5-12(6-10-14)18-15(20)17-11-3-7-13(19)8-4-11/h3-10,19H,2H2,1H3,(H2,17,18,20). The largest absolute Gasteiger partial charge is 0.513 e. The monoisotopic (exact) mass is 316 g/mol. The highest BCUT2D eigenvalue weighted by Crippen LogP contribution is 2.17. The van der Waals surface area contributed by atoms with E-state index in [-0.39, 0.29) is 12.4 Å². The van der Waals surface area contributed by atoms with Gasteiger partial charge in [0.15, 0.2) is 0 Å². The number of aromatic hydroxyl groups is 1. The predicted octanol–water partition coefficient (Wildman–Crippen LogP) is 3.57. The molecule has 2 amide bonds. The number of rotatable bonds is 4. The van der Waals surface area contributed by atoms with E-state index in [1.165, 1.54) is 24.3 Å². The minimum absolute atomic E-state index is 0.119. The Hall–Kier alpha value is -3.22. The number of ether oxygens (including phenoxy) is 2. The SMILES string of the molecule is CCOC(=O)Oc1ccc(NC(=O)Nc2ccc(O)cc2)cc1. The smallest absolute Gasteiger partial charge is 0.508 e. The Balaban J connectivity index is 1.88. The summed E-state index contributed by atoms with van der Waals surface area (Å²) in [6.45, 7) is 1.91. The minimum Gasteiger partial charge on any atom is -0.508 e. The quantitative estimate of drug-likeness (QED) is 0.455. The lowest BCUT2D eigenvalue weighted by Crippen LogP contribution is -2.19. The molecule has 0 aromatic heterocycles. The van der Waals surface area contributed by atoms with Crippen LogP contribution in [0.25, 0.3) is 0 Å². The first-order chi connectivity index (χ1) is 11.1. The fraction of sp³-hybridized carbons (Fsp3) is 0.125. The highest BCUT2D eigenvalue weighted by molar-refractivity contribution is 5.99. The van der Waals surface area contributed by atoms with E-state index in [0.29, 0.717) is 17.1 Å². The minimum atomic E-state index is -0.779. The molecular weight excluding hydrogens is 300 g/mol. The summed E-state index contributed by atoms with van der Waals surface area (Å²) >= 11 is 0. The number of phenols is 1. The van der Waals surface area contributed by atoms with Gasteiger partial charge < -0.3 is 25.2 Å². The molecule has 2 aromatic rings. The lowest BCUT2D eigenvalue weighted by molar-refractivity contribution is 0.104. The van der Waals surface area contributed by atoms with E-state index in [2.05, 4.69) is 15.4 Å². The number of urea groups is 1. The van der Waals surface area contributed by atoms with E-state index in [9.17, 15) is 14.7 Å². The Morgan fingerprint density at radius 3 is 2.00 bits per heavy atom. The van der Waals surface area contributed by atoms with Crippen LogP contribution in [0.2, 0.25) is 0 Å². The van der Waals surface area contributed by atoms with Crippen LogP contribution in [-0.2, 0) is 4.74 Å². The van der Waals surface area contributed by atoms with Crippen molar-refractivity contribution < 1.29 is 24.2 Å². The van der Waals surface area contributed by atoms with Gasteiger partial charge in [0.05, 0.1) is 6.61 Å². The van der Waals surface area contributed by atoms with E-state index in [0.717, 1.165) is 0 Å². The molecule has 0 saturated carbocycles. The second-order valence-electron chi connectivity index (χ2n) is 4.44. The lowest BCUT2D eigenvalue weighted by atomic mass is 10.3. The number of hydrogen-bond donors (Lipinski definition) is 3. The average molecular weight is 316 g/mol. The number of benzene rings is 2. The molecule has 2 rings (SSSR count). The molecule has 2 aromatic carbocycles. The molecule has 0 spiro atoms. The van der Waals surface area contributed by atoms with Crippen molar-refractivity contribution in [1.82, 2.24) is 0 Å². The molecule has 120 valence electrons. The third kappa shape index (κ3) is 5.24. The third-order valence-electron chi connectivity index (χ3n) is 2.70. The number of anilines is 2. The van der Waals surface area contributed by atoms with Crippen molar-refractivity contribution in [1.29, 1.82) is 0 Å². The Kier molecular flexibility index (Phi) is 5.40. The van der Waals surface area contributed by atoms with Crippen molar-refractivity contribution in [2.75, 3.05) is 17.2 Å². The molecule has 0 atom stereocenters. The highest BCUT2D eigenvalue weighted by atomic mass is 16.7. The zero-order valence-corrected chi connectivity index (χ0v) is 12.4. The average Bonchev–Trinajstić information content (AvgIpc) is 2.52. The maximum absolute atomic E-state index is 11.8.